The zero-order valence-electron chi connectivity index (χ0n) is 16.7. The molecule has 0 unspecified atom stereocenters. The summed E-state index contributed by atoms with van der Waals surface area (Å²) in [6.07, 6.45) is 3.92. The third-order valence-corrected chi connectivity index (χ3v) is 5.35. The predicted molar refractivity (Wildman–Crippen MR) is 128 cm³/mol. The van der Waals surface area contributed by atoms with Gasteiger partial charge in [-0.2, -0.15) is 0 Å². The molecule has 0 bridgehead atoms. The van der Waals surface area contributed by atoms with Gasteiger partial charge in [-0.15, -0.1) is 0 Å². The molecule has 0 saturated carbocycles. The molecule has 0 fully saturated rings. The Morgan fingerprint density at radius 3 is 2.35 bits per heavy atom. The highest BCUT2D eigenvalue weighted by atomic mass is 35.5. The summed E-state index contributed by atoms with van der Waals surface area (Å²) < 4.78 is 7.97. The smallest absolute Gasteiger partial charge is 0.146 e. The highest BCUT2D eigenvalue weighted by Crippen LogP contribution is 2.29. The molecule has 1 aromatic heterocycles. The maximum atomic E-state index is 6.16. The van der Waals surface area contributed by atoms with Crippen LogP contribution in [0.4, 0.5) is 5.69 Å². The molecule has 31 heavy (non-hydrogen) atoms. The fraction of sp³-hybridized carbons (Fsp3) is 0. The molecule has 0 saturated heterocycles. The molecule has 150 valence electrons. The van der Waals surface area contributed by atoms with Crippen molar-refractivity contribution in [2.75, 3.05) is 0 Å². The summed E-state index contributed by atoms with van der Waals surface area (Å²) in [5.41, 5.74) is 2.96. The lowest BCUT2D eigenvalue weighted by Gasteiger charge is -2.08. The average Bonchev–Trinajstić information content (AvgIpc) is 3.28. The molecule has 3 nitrogen and oxygen atoms in total. The van der Waals surface area contributed by atoms with Gasteiger partial charge < -0.3 is 9.30 Å². The van der Waals surface area contributed by atoms with Crippen LogP contribution >= 0.6 is 11.6 Å². The van der Waals surface area contributed by atoms with Crippen LogP contribution < -0.4 is 4.74 Å². The Kier molecular flexibility index (Phi) is 5.26. The molecular weight excluding hydrogens is 404 g/mol. The number of para-hydroxylation sites is 1. The molecule has 0 spiro atoms. The maximum Gasteiger partial charge on any atom is 0.146 e. The van der Waals surface area contributed by atoms with E-state index >= 15 is 0 Å². The van der Waals surface area contributed by atoms with Gasteiger partial charge in [-0.25, -0.2) is 0 Å². The number of hydrogen-bond acceptors (Lipinski definition) is 2. The van der Waals surface area contributed by atoms with Crippen LogP contribution in [0.25, 0.3) is 16.5 Å². The van der Waals surface area contributed by atoms with E-state index in [1.165, 1.54) is 10.8 Å². The summed E-state index contributed by atoms with van der Waals surface area (Å²) in [6, 6.07) is 33.9. The van der Waals surface area contributed by atoms with Crippen LogP contribution in [-0.2, 0) is 0 Å². The minimum atomic E-state index is 0.582. The lowest BCUT2D eigenvalue weighted by molar-refractivity contribution is 0.483. The van der Waals surface area contributed by atoms with Gasteiger partial charge >= 0.3 is 0 Å². The summed E-state index contributed by atoms with van der Waals surface area (Å²) in [6.45, 7) is 0. The number of ether oxygens (including phenoxy) is 1. The van der Waals surface area contributed by atoms with E-state index in [0.29, 0.717) is 16.5 Å². The van der Waals surface area contributed by atoms with Gasteiger partial charge in [0.25, 0.3) is 0 Å². The molecule has 0 aliphatic carbocycles. The minimum Gasteiger partial charge on any atom is -0.456 e. The number of hydrogen-bond donors (Lipinski definition) is 0. The van der Waals surface area contributed by atoms with Crippen LogP contribution in [0.15, 0.2) is 114 Å². The van der Waals surface area contributed by atoms with Gasteiger partial charge in [-0.1, -0.05) is 54.1 Å². The number of fused-ring (bicyclic) bond motifs is 1. The highest BCUT2D eigenvalue weighted by molar-refractivity contribution is 6.32. The molecule has 5 rings (SSSR count). The van der Waals surface area contributed by atoms with Crippen molar-refractivity contribution in [1.82, 2.24) is 4.57 Å². The van der Waals surface area contributed by atoms with Crippen LogP contribution in [-0.4, -0.2) is 10.8 Å². The van der Waals surface area contributed by atoms with E-state index in [4.69, 9.17) is 16.3 Å². The number of halogens is 1. The normalized spacial score (nSPS) is 11.3. The first-order valence-electron chi connectivity index (χ1n) is 9.99. The van der Waals surface area contributed by atoms with E-state index in [0.717, 1.165) is 17.1 Å². The number of rotatable bonds is 5. The second kappa shape index (κ2) is 8.50. The lowest BCUT2D eigenvalue weighted by Crippen LogP contribution is -1.97. The van der Waals surface area contributed by atoms with Crippen LogP contribution in [0.3, 0.4) is 0 Å². The third kappa shape index (κ3) is 4.23. The fourth-order valence-corrected chi connectivity index (χ4v) is 3.63. The number of aromatic nitrogens is 1. The molecule has 0 aliphatic rings. The fourth-order valence-electron chi connectivity index (χ4n) is 3.46. The predicted octanol–water partition coefficient (Wildman–Crippen LogP) is 7.83. The summed E-state index contributed by atoms with van der Waals surface area (Å²) in [5.74, 6) is 1.35. The molecule has 5 aromatic rings. The minimum absolute atomic E-state index is 0.582. The Morgan fingerprint density at radius 1 is 0.742 bits per heavy atom. The molecule has 0 amide bonds. The summed E-state index contributed by atoms with van der Waals surface area (Å²) in [5, 5.41) is 3.03. The molecular formula is C27H19ClN2O. The van der Waals surface area contributed by atoms with Crippen molar-refractivity contribution in [1.29, 1.82) is 0 Å². The zero-order valence-corrected chi connectivity index (χ0v) is 17.4. The van der Waals surface area contributed by atoms with Gasteiger partial charge in [-0.05, 0) is 71.4 Å². The highest BCUT2D eigenvalue weighted by Gasteiger charge is 2.04. The van der Waals surface area contributed by atoms with Crippen molar-refractivity contribution in [2.24, 2.45) is 4.99 Å². The molecule has 0 atom stereocenters. The first-order valence-corrected chi connectivity index (χ1v) is 10.4. The van der Waals surface area contributed by atoms with Gasteiger partial charge in [-0.3, -0.25) is 4.99 Å². The Balaban J connectivity index is 1.35. The standard InChI is InChI=1S/C27H19ClN2O/c28-26-9-3-4-10-27(26)31-25-15-12-22(13-16-25)29-19-24-8-5-17-30(24)23-14-11-20-6-1-2-7-21(20)18-23/h1-19H. The van der Waals surface area contributed by atoms with Gasteiger partial charge in [0.05, 0.1) is 22.6 Å². The van der Waals surface area contributed by atoms with E-state index < -0.39 is 0 Å². The molecule has 0 radical (unpaired) electrons. The van der Waals surface area contributed by atoms with Gasteiger partial charge in [0.2, 0.25) is 0 Å². The summed E-state index contributed by atoms with van der Waals surface area (Å²) in [4.78, 5) is 4.64. The zero-order chi connectivity index (χ0) is 21.0. The Morgan fingerprint density at radius 2 is 1.52 bits per heavy atom. The largest absolute Gasteiger partial charge is 0.456 e. The first-order chi connectivity index (χ1) is 15.3. The van der Waals surface area contributed by atoms with Crippen molar-refractivity contribution in [3.05, 3.63) is 120 Å². The Hall–Kier alpha value is -3.82. The van der Waals surface area contributed by atoms with E-state index in [1.54, 1.807) is 6.07 Å². The van der Waals surface area contributed by atoms with E-state index in [2.05, 4.69) is 52.0 Å². The Labute approximate surface area is 185 Å². The van der Waals surface area contributed by atoms with Gasteiger partial charge in [0, 0.05) is 11.9 Å². The monoisotopic (exact) mass is 422 g/mol. The van der Waals surface area contributed by atoms with E-state index in [-0.39, 0.29) is 0 Å². The van der Waals surface area contributed by atoms with E-state index in [1.807, 2.05) is 67.0 Å². The van der Waals surface area contributed by atoms with Crippen LogP contribution in [0.1, 0.15) is 5.69 Å². The first kappa shape index (κ1) is 19.2. The van der Waals surface area contributed by atoms with Crippen molar-refractivity contribution >= 4 is 34.3 Å². The van der Waals surface area contributed by atoms with Gasteiger partial charge in [0.1, 0.15) is 11.5 Å². The van der Waals surface area contributed by atoms with Crippen molar-refractivity contribution in [3.63, 3.8) is 0 Å². The maximum absolute atomic E-state index is 6.16. The second-order valence-corrected chi connectivity index (χ2v) is 7.53. The topological polar surface area (TPSA) is 26.5 Å². The number of nitrogens with zero attached hydrogens (tertiary/aromatic N) is 2. The van der Waals surface area contributed by atoms with Crippen molar-refractivity contribution in [3.8, 4) is 17.2 Å². The lowest BCUT2D eigenvalue weighted by atomic mass is 10.1. The quantitative estimate of drug-likeness (QED) is 0.265. The van der Waals surface area contributed by atoms with Crippen molar-refractivity contribution < 1.29 is 4.74 Å². The van der Waals surface area contributed by atoms with Gasteiger partial charge in [0.15, 0.2) is 0 Å². The molecule has 4 heteroatoms. The SMILES string of the molecule is Clc1ccccc1Oc1ccc(N=Cc2cccn2-c2ccc3ccccc3c2)cc1. The van der Waals surface area contributed by atoms with Crippen LogP contribution in [0.5, 0.6) is 11.5 Å². The van der Waals surface area contributed by atoms with Crippen LogP contribution in [0, 0.1) is 0 Å². The van der Waals surface area contributed by atoms with Crippen LogP contribution in [0.2, 0.25) is 5.02 Å². The molecule has 1 heterocycles. The Bertz CT molecular complexity index is 1370. The molecule has 0 N–H and O–H groups in total. The summed E-state index contributed by atoms with van der Waals surface area (Å²) >= 11 is 6.16. The summed E-state index contributed by atoms with van der Waals surface area (Å²) in [7, 11) is 0. The van der Waals surface area contributed by atoms with Crippen molar-refractivity contribution in [2.45, 2.75) is 0 Å². The molecule has 0 aliphatic heterocycles. The molecule has 4 aromatic carbocycles. The number of benzene rings is 4. The second-order valence-electron chi connectivity index (χ2n) is 7.12. The third-order valence-electron chi connectivity index (χ3n) is 5.04. The average molecular weight is 423 g/mol. The number of aliphatic imine (C=N–C) groups is 1. The van der Waals surface area contributed by atoms with E-state index in [9.17, 15) is 0 Å².